The molecule has 1 aliphatic rings. The topological polar surface area (TPSA) is 71.1 Å². The number of thiazole rings is 1. The fourth-order valence-electron chi connectivity index (χ4n) is 2.82. The van der Waals surface area contributed by atoms with Crippen LogP contribution in [0.1, 0.15) is 41.9 Å². The zero-order valence-corrected chi connectivity index (χ0v) is 14.9. The molecule has 0 aliphatic carbocycles. The van der Waals surface area contributed by atoms with Gasteiger partial charge in [0.25, 0.3) is 0 Å². The van der Waals surface area contributed by atoms with Crippen LogP contribution >= 0.6 is 11.3 Å². The second-order valence-electron chi connectivity index (χ2n) is 6.22. The lowest BCUT2D eigenvalue weighted by Crippen LogP contribution is -2.42. The molecular weight excluding hydrogens is 322 g/mol. The van der Waals surface area contributed by atoms with E-state index >= 15 is 0 Å². The summed E-state index contributed by atoms with van der Waals surface area (Å²) < 4.78 is 0. The summed E-state index contributed by atoms with van der Waals surface area (Å²) in [5.41, 5.74) is 3.23. The number of carbonyl (C=O) groups excluding carboxylic acids is 2. The fourth-order valence-corrected chi connectivity index (χ4v) is 3.89. The van der Waals surface area contributed by atoms with Gasteiger partial charge in [-0.3, -0.25) is 9.59 Å². The number of aromatic nitrogens is 1. The van der Waals surface area contributed by atoms with Crippen LogP contribution in [0.2, 0.25) is 0 Å². The third-order valence-electron chi connectivity index (χ3n) is 4.19. The molecule has 5 nitrogen and oxygen atoms in total. The first-order valence-electron chi connectivity index (χ1n) is 8.08. The highest BCUT2D eigenvalue weighted by Crippen LogP contribution is 2.32. The monoisotopic (exact) mass is 343 g/mol. The number of benzene rings is 1. The normalized spacial score (nSPS) is 18.3. The highest BCUT2D eigenvalue weighted by Gasteiger charge is 2.28. The zero-order chi connectivity index (χ0) is 17.3. The van der Waals surface area contributed by atoms with Gasteiger partial charge < -0.3 is 10.6 Å². The Morgan fingerprint density at radius 3 is 2.67 bits per heavy atom. The van der Waals surface area contributed by atoms with Crippen LogP contribution in [0.25, 0.3) is 10.6 Å². The van der Waals surface area contributed by atoms with Crippen molar-refractivity contribution >= 4 is 23.2 Å². The smallest absolute Gasteiger partial charge is 0.243 e. The molecule has 2 aromatic rings. The molecule has 1 saturated heterocycles. The van der Waals surface area contributed by atoms with Crippen LogP contribution in [0, 0.1) is 13.8 Å². The summed E-state index contributed by atoms with van der Waals surface area (Å²) in [5.74, 6) is -0.184. The fraction of sp³-hybridized carbons (Fsp3) is 0.389. The Morgan fingerprint density at radius 1 is 1.33 bits per heavy atom. The summed E-state index contributed by atoms with van der Waals surface area (Å²) in [5, 5.41) is 6.64. The molecule has 1 fully saturated rings. The van der Waals surface area contributed by atoms with Crippen molar-refractivity contribution in [1.29, 1.82) is 0 Å². The predicted octanol–water partition coefficient (Wildman–Crippen LogP) is 2.88. The van der Waals surface area contributed by atoms with Crippen LogP contribution in [0.3, 0.4) is 0 Å². The standard InChI is InChI=1S/C18H21N3O2S/c1-10-4-6-13(7-5-10)18-20-12(3)16(24-18)11(2)19-17(23)14-8-9-15(22)21-14/h4-7,11,14H,8-9H2,1-3H3,(H,19,23)(H,21,22)/t11-,14+/m1/s1. The zero-order valence-electron chi connectivity index (χ0n) is 14.1. The Kier molecular flexibility index (Phi) is 4.66. The number of rotatable bonds is 4. The van der Waals surface area contributed by atoms with E-state index in [-0.39, 0.29) is 17.9 Å². The molecule has 0 saturated carbocycles. The van der Waals surface area contributed by atoms with E-state index < -0.39 is 6.04 Å². The Bertz CT molecular complexity index is 767. The maximum absolute atomic E-state index is 12.3. The highest BCUT2D eigenvalue weighted by atomic mass is 32.1. The van der Waals surface area contributed by atoms with E-state index in [1.54, 1.807) is 11.3 Å². The molecule has 2 N–H and O–H groups in total. The number of nitrogens with one attached hydrogen (secondary N) is 2. The Balaban J connectivity index is 1.73. The number of hydrogen-bond acceptors (Lipinski definition) is 4. The molecule has 3 rings (SSSR count). The Labute approximate surface area is 145 Å². The molecule has 0 unspecified atom stereocenters. The molecule has 2 atom stereocenters. The second kappa shape index (κ2) is 6.73. The lowest BCUT2D eigenvalue weighted by atomic mass is 10.1. The third kappa shape index (κ3) is 3.48. The van der Waals surface area contributed by atoms with Gasteiger partial charge in [-0.2, -0.15) is 0 Å². The summed E-state index contributed by atoms with van der Waals surface area (Å²) in [4.78, 5) is 29.2. The highest BCUT2D eigenvalue weighted by molar-refractivity contribution is 7.15. The molecule has 2 heterocycles. The van der Waals surface area contributed by atoms with Gasteiger partial charge in [0.05, 0.1) is 16.6 Å². The van der Waals surface area contributed by atoms with Gasteiger partial charge in [-0.1, -0.05) is 29.8 Å². The average molecular weight is 343 g/mol. The molecule has 1 aromatic carbocycles. The minimum Gasteiger partial charge on any atom is -0.347 e. The van der Waals surface area contributed by atoms with Gasteiger partial charge in [0.2, 0.25) is 11.8 Å². The average Bonchev–Trinajstić information content (AvgIpc) is 3.14. The van der Waals surface area contributed by atoms with Crippen molar-refractivity contribution in [1.82, 2.24) is 15.6 Å². The second-order valence-corrected chi connectivity index (χ2v) is 7.25. The number of aryl methyl sites for hydroxylation is 2. The van der Waals surface area contributed by atoms with E-state index in [4.69, 9.17) is 0 Å². The lowest BCUT2D eigenvalue weighted by Gasteiger charge is -2.16. The summed E-state index contributed by atoms with van der Waals surface area (Å²) in [6, 6.07) is 7.72. The molecule has 2 amide bonds. The van der Waals surface area contributed by atoms with Crippen LogP contribution in [-0.2, 0) is 9.59 Å². The van der Waals surface area contributed by atoms with Gasteiger partial charge in [-0.15, -0.1) is 11.3 Å². The van der Waals surface area contributed by atoms with Gasteiger partial charge in [0.1, 0.15) is 11.0 Å². The summed E-state index contributed by atoms with van der Waals surface area (Å²) in [6.07, 6.45) is 0.983. The van der Waals surface area contributed by atoms with E-state index in [1.807, 2.05) is 13.8 Å². The van der Waals surface area contributed by atoms with Gasteiger partial charge in [0, 0.05) is 12.0 Å². The number of hydrogen-bond donors (Lipinski definition) is 2. The van der Waals surface area contributed by atoms with E-state index in [2.05, 4.69) is 46.8 Å². The molecule has 126 valence electrons. The first-order chi connectivity index (χ1) is 11.4. The quantitative estimate of drug-likeness (QED) is 0.897. The lowest BCUT2D eigenvalue weighted by molar-refractivity contribution is -0.126. The van der Waals surface area contributed by atoms with Crippen LogP contribution in [-0.4, -0.2) is 22.8 Å². The SMILES string of the molecule is Cc1ccc(-c2nc(C)c([C@@H](C)NC(=O)[C@@H]3CCC(=O)N3)s2)cc1. The van der Waals surface area contributed by atoms with Crippen molar-refractivity contribution in [2.45, 2.75) is 45.7 Å². The van der Waals surface area contributed by atoms with Gasteiger partial charge in [0.15, 0.2) is 0 Å². The summed E-state index contributed by atoms with van der Waals surface area (Å²) in [6.45, 7) is 5.97. The van der Waals surface area contributed by atoms with Crippen molar-refractivity contribution in [3.05, 3.63) is 40.4 Å². The first-order valence-corrected chi connectivity index (χ1v) is 8.90. The number of nitrogens with zero attached hydrogens (tertiary/aromatic N) is 1. The van der Waals surface area contributed by atoms with E-state index in [0.29, 0.717) is 12.8 Å². The largest absolute Gasteiger partial charge is 0.347 e. The van der Waals surface area contributed by atoms with E-state index in [9.17, 15) is 9.59 Å². The molecule has 1 aromatic heterocycles. The van der Waals surface area contributed by atoms with Crippen molar-refractivity contribution in [3.63, 3.8) is 0 Å². The van der Waals surface area contributed by atoms with Crippen LogP contribution < -0.4 is 10.6 Å². The minimum absolute atomic E-state index is 0.0570. The van der Waals surface area contributed by atoms with Crippen molar-refractivity contribution in [3.8, 4) is 10.6 Å². The van der Waals surface area contributed by atoms with Crippen LogP contribution in [0.15, 0.2) is 24.3 Å². The molecule has 24 heavy (non-hydrogen) atoms. The van der Waals surface area contributed by atoms with Crippen molar-refractivity contribution < 1.29 is 9.59 Å². The molecule has 0 bridgehead atoms. The molecule has 0 spiro atoms. The summed E-state index contributed by atoms with van der Waals surface area (Å²) >= 11 is 1.60. The predicted molar refractivity (Wildman–Crippen MR) is 94.7 cm³/mol. The van der Waals surface area contributed by atoms with Crippen LogP contribution in [0.4, 0.5) is 0 Å². The van der Waals surface area contributed by atoms with Crippen LogP contribution in [0.5, 0.6) is 0 Å². The molecule has 6 heteroatoms. The Hall–Kier alpha value is -2.21. The minimum atomic E-state index is -0.412. The van der Waals surface area contributed by atoms with Crippen molar-refractivity contribution in [2.75, 3.05) is 0 Å². The van der Waals surface area contributed by atoms with Gasteiger partial charge in [-0.05, 0) is 27.2 Å². The maximum atomic E-state index is 12.3. The third-order valence-corrected chi connectivity index (χ3v) is 5.58. The maximum Gasteiger partial charge on any atom is 0.243 e. The first kappa shape index (κ1) is 16.6. The van der Waals surface area contributed by atoms with E-state index in [0.717, 1.165) is 21.1 Å². The molecule has 0 radical (unpaired) electrons. The number of carbonyl (C=O) groups is 2. The Morgan fingerprint density at radius 2 is 2.04 bits per heavy atom. The van der Waals surface area contributed by atoms with Gasteiger partial charge in [-0.25, -0.2) is 4.98 Å². The summed E-state index contributed by atoms with van der Waals surface area (Å²) in [7, 11) is 0. The van der Waals surface area contributed by atoms with Crippen molar-refractivity contribution in [2.24, 2.45) is 0 Å². The molecular formula is C18H21N3O2S. The van der Waals surface area contributed by atoms with Gasteiger partial charge >= 0.3 is 0 Å². The van der Waals surface area contributed by atoms with E-state index in [1.165, 1.54) is 5.56 Å². The molecule has 1 aliphatic heterocycles. The number of amides is 2.